The molecule has 23 heavy (non-hydrogen) atoms. The molecular weight excluding hydrogens is 405 g/mol. The Hall–Kier alpha value is -1.02. The second kappa shape index (κ2) is 9.32. The maximum Gasteiger partial charge on any atom is 0.194 e. The Kier molecular flexibility index (Phi) is 8.11. The highest BCUT2D eigenvalue weighted by atomic mass is 127. The Labute approximate surface area is 156 Å². The number of benzene rings is 1. The molecule has 130 valence electrons. The zero-order valence-electron chi connectivity index (χ0n) is 14.2. The third-order valence-electron chi connectivity index (χ3n) is 4.10. The lowest BCUT2D eigenvalue weighted by atomic mass is 9.80. The van der Waals surface area contributed by atoms with E-state index in [4.69, 9.17) is 4.74 Å². The Morgan fingerprint density at radius 1 is 1.39 bits per heavy atom. The molecule has 1 aromatic rings. The van der Waals surface area contributed by atoms with Crippen molar-refractivity contribution in [1.82, 2.24) is 10.2 Å². The van der Waals surface area contributed by atoms with Gasteiger partial charge in [-0.2, -0.15) is 0 Å². The second-order valence-electron chi connectivity index (χ2n) is 5.92. The van der Waals surface area contributed by atoms with Gasteiger partial charge in [0.25, 0.3) is 0 Å². The number of para-hydroxylation sites is 1. The summed E-state index contributed by atoms with van der Waals surface area (Å²) >= 11 is 0. The van der Waals surface area contributed by atoms with E-state index < -0.39 is 5.60 Å². The zero-order valence-corrected chi connectivity index (χ0v) is 16.5. The van der Waals surface area contributed by atoms with E-state index in [1.807, 2.05) is 32.2 Å². The molecule has 0 aliphatic heterocycles. The molecule has 1 aliphatic carbocycles. The summed E-state index contributed by atoms with van der Waals surface area (Å²) in [7, 11) is 3.68. The van der Waals surface area contributed by atoms with Crippen LogP contribution in [0.4, 0.5) is 0 Å². The van der Waals surface area contributed by atoms with E-state index in [0.29, 0.717) is 13.1 Å². The van der Waals surface area contributed by atoms with Crippen molar-refractivity contribution in [2.45, 2.75) is 38.3 Å². The smallest absolute Gasteiger partial charge is 0.194 e. The van der Waals surface area contributed by atoms with E-state index in [-0.39, 0.29) is 24.0 Å². The zero-order chi connectivity index (χ0) is 16.0. The van der Waals surface area contributed by atoms with Crippen molar-refractivity contribution in [1.29, 1.82) is 0 Å². The Morgan fingerprint density at radius 2 is 2.09 bits per heavy atom. The number of aliphatic hydroxyl groups is 1. The average Bonchev–Trinajstić information content (AvgIpc) is 2.50. The van der Waals surface area contributed by atoms with Gasteiger partial charge in [0.05, 0.1) is 19.3 Å². The van der Waals surface area contributed by atoms with Gasteiger partial charge in [-0.05, 0) is 32.3 Å². The topological polar surface area (TPSA) is 57.1 Å². The van der Waals surface area contributed by atoms with E-state index in [0.717, 1.165) is 43.1 Å². The minimum absolute atomic E-state index is 0. The van der Waals surface area contributed by atoms with Crippen molar-refractivity contribution in [3.05, 3.63) is 29.8 Å². The monoisotopic (exact) mass is 433 g/mol. The van der Waals surface area contributed by atoms with Crippen LogP contribution in [0.1, 0.15) is 31.7 Å². The fourth-order valence-electron chi connectivity index (χ4n) is 2.60. The predicted octanol–water partition coefficient (Wildman–Crippen LogP) is 2.63. The van der Waals surface area contributed by atoms with E-state index in [2.05, 4.69) is 21.3 Å². The molecule has 6 heteroatoms. The molecule has 0 atom stereocenters. The van der Waals surface area contributed by atoms with Gasteiger partial charge in [-0.15, -0.1) is 24.0 Å². The first-order valence-electron chi connectivity index (χ1n) is 7.92. The van der Waals surface area contributed by atoms with Crippen LogP contribution < -0.4 is 10.1 Å². The summed E-state index contributed by atoms with van der Waals surface area (Å²) in [6.07, 6.45) is 2.80. The summed E-state index contributed by atoms with van der Waals surface area (Å²) in [5.41, 5.74) is 0.520. The first kappa shape index (κ1) is 20.0. The summed E-state index contributed by atoms with van der Waals surface area (Å²) < 4.78 is 5.40. The number of methoxy groups -OCH3 is 1. The lowest BCUT2D eigenvalue weighted by Gasteiger charge is -2.35. The number of aliphatic imine (C=N–C) groups is 1. The van der Waals surface area contributed by atoms with Crippen molar-refractivity contribution < 1.29 is 9.84 Å². The van der Waals surface area contributed by atoms with Crippen LogP contribution in [0.5, 0.6) is 5.75 Å². The molecule has 0 aromatic heterocycles. The second-order valence-corrected chi connectivity index (χ2v) is 5.92. The molecule has 0 bridgehead atoms. The number of ether oxygens (including phenoxy) is 1. The molecule has 0 saturated heterocycles. The van der Waals surface area contributed by atoms with Crippen LogP contribution in [-0.4, -0.2) is 48.8 Å². The van der Waals surface area contributed by atoms with E-state index in [1.54, 1.807) is 7.11 Å². The standard InChI is InChI=1S/C17H27N3O2.HI/c1-4-18-16(19-13-17(21)10-7-11-17)20(2)12-14-8-5-6-9-15(14)22-3;/h5-6,8-9,21H,4,7,10-13H2,1-3H3,(H,18,19);1H. The highest BCUT2D eigenvalue weighted by Crippen LogP contribution is 2.31. The number of nitrogens with zero attached hydrogens (tertiary/aromatic N) is 2. The molecule has 5 nitrogen and oxygen atoms in total. The highest BCUT2D eigenvalue weighted by Gasteiger charge is 2.34. The van der Waals surface area contributed by atoms with Crippen LogP contribution in [0.2, 0.25) is 0 Å². The molecule has 2 N–H and O–H groups in total. The Balaban J connectivity index is 0.00000264. The number of nitrogens with one attached hydrogen (secondary N) is 1. The van der Waals surface area contributed by atoms with Gasteiger partial charge in [-0.3, -0.25) is 4.99 Å². The molecule has 0 spiro atoms. The van der Waals surface area contributed by atoms with Gasteiger partial charge < -0.3 is 20.1 Å². The third kappa shape index (κ3) is 5.53. The number of guanidine groups is 1. The van der Waals surface area contributed by atoms with Crippen LogP contribution in [-0.2, 0) is 6.54 Å². The van der Waals surface area contributed by atoms with Crippen molar-refractivity contribution in [2.24, 2.45) is 4.99 Å². The van der Waals surface area contributed by atoms with Gasteiger partial charge in [0, 0.05) is 25.7 Å². The Morgan fingerprint density at radius 3 is 2.65 bits per heavy atom. The van der Waals surface area contributed by atoms with Crippen LogP contribution in [0, 0.1) is 0 Å². The van der Waals surface area contributed by atoms with Gasteiger partial charge in [0.15, 0.2) is 5.96 Å². The lowest BCUT2D eigenvalue weighted by molar-refractivity contribution is -0.0237. The maximum absolute atomic E-state index is 10.2. The fraction of sp³-hybridized carbons (Fsp3) is 0.588. The number of hydrogen-bond acceptors (Lipinski definition) is 3. The first-order chi connectivity index (χ1) is 10.6. The van der Waals surface area contributed by atoms with Crippen molar-refractivity contribution >= 4 is 29.9 Å². The summed E-state index contributed by atoms with van der Waals surface area (Å²) in [5.74, 6) is 1.69. The SMILES string of the molecule is CCNC(=NCC1(O)CCC1)N(C)Cc1ccccc1OC.I. The van der Waals surface area contributed by atoms with Crippen molar-refractivity contribution in [2.75, 3.05) is 27.2 Å². The largest absolute Gasteiger partial charge is 0.496 e. The summed E-state index contributed by atoms with van der Waals surface area (Å²) in [6, 6.07) is 7.99. The third-order valence-corrected chi connectivity index (χ3v) is 4.10. The van der Waals surface area contributed by atoms with E-state index in [9.17, 15) is 5.11 Å². The van der Waals surface area contributed by atoms with Gasteiger partial charge >= 0.3 is 0 Å². The Bertz CT molecular complexity index is 518. The molecular formula is C17H28IN3O2. The van der Waals surface area contributed by atoms with Crippen LogP contribution in [0.25, 0.3) is 0 Å². The molecule has 0 heterocycles. The quantitative estimate of drug-likeness (QED) is 0.412. The van der Waals surface area contributed by atoms with Gasteiger partial charge in [-0.1, -0.05) is 18.2 Å². The summed E-state index contributed by atoms with van der Waals surface area (Å²) in [6.45, 7) is 4.01. The van der Waals surface area contributed by atoms with Gasteiger partial charge in [0.2, 0.25) is 0 Å². The minimum Gasteiger partial charge on any atom is -0.496 e. The van der Waals surface area contributed by atoms with Gasteiger partial charge in [-0.25, -0.2) is 0 Å². The number of hydrogen-bond donors (Lipinski definition) is 2. The van der Waals surface area contributed by atoms with E-state index >= 15 is 0 Å². The van der Waals surface area contributed by atoms with Crippen LogP contribution in [0.3, 0.4) is 0 Å². The van der Waals surface area contributed by atoms with Crippen molar-refractivity contribution in [3.63, 3.8) is 0 Å². The predicted molar refractivity (Wildman–Crippen MR) is 105 cm³/mol. The molecule has 0 unspecified atom stereocenters. The van der Waals surface area contributed by atoms with Crippen molar-refractivity contribution in [3.8, 4) is 5.75 Å². The minimum atomic E-state index is -0.591. The lowest BCUT2D eigenvalue weighted by Crippen LogP contribution is -2.43. The average molecular weight is 433 g/mol. The highest BCUT2D eigenvalue weighted by molar-refractivity contribution is 14.0. The first-order valence-corrected chi connectivity index (χ1v) is 7.92. The number of rotatable bonds is 6. The fourth-order valence-corrected chi connectivity index (χ4v) is 2.60. The molecule has 1 saturated carbocycles. The maximum atomic E-state index is 10.2. The molecule has 1 fully saturated rings. The molecule has 0 amide bonds. The molecule has 1 aromatic carbocycles. The number of halogens is 1. The summed E-state index contributed by atoms with van der Waals surface area (Å²) in [4.78, 5) is 6.66. The van der Waals surface area contributed by atoms with Gasteiger partial charge in [0.1, 0.15) is 5.75 Å². The molecule has 1 aliphatic rings. The molecule has 2 rings (SSSR count). The molecule has 0 radical (unpaired) electrons. The van der Waals surface area contributed by atoms with Crippen LogP contribution >= 0.6 is 24.0 Å². The normalized spacial score (nSPS) is 16.1. The van der Waals surface area contributed by atoms with Crippen LogP contribution in [0.15, 0.2) is 29.3 Å². The summed E-state index contributed by atoms with van der Waals surface area (Å²) in [5, 5.41) is 13.5. The van der Waals surface area contributed by atoms with E-state index in [1.165, 1.54) is 0 Å².